The minimum atomic E-state index is -0.0189. The molecule has 3 aromatic rings. The topological polar surface area (TPSA) is 45.4 Å². The fourth-order valence-corrected chi connectivity index (χ4v) is 4.06. The van der Waals surface area contributed by atoms with Crippen LogP contribution in [0.5, 0.6) is 0 Å². The maximum Gasteiger partial charge on any atom is 0.240 e. The summed E-state index contributed by atoms with van der Waals surface area (Å²) in [6, 6.07) is 20.8. The Balaban J connectivity index is 1.49. The zero-order chi connectivity index (χ0) is 19.9. The van der Waals surface area contributed by atoms with Crippen molar-refractivity contribution in [3.63, 3.8) is 0 Å². The minimum absolute atomic E-state index is 0.0189. The van der Waals surface area contributed by atoms with Gasteiger partial charge in [0.15, 0.2) is 5.82 Å². The molecule has 0 saturated carbocycles. The van der Waals surface area contributed by atoms with Crippen molar-refractivity contribution in [1.29, 1.82) is 0 Å². The first-order chi connectivity index (χ1) is 14.3. The van der Waals surface area contributed by atoms with Crippen LogP contribution in [0.1, 0.15) is 48.5 Å². The second kappa shape index (κ2) is 9.81. The highest BCUT2D eigenvalue weighted by Crippen LogP contribution is 2.29. The summed E-state index contributed by atoms with van der Waals surface area (Å²) in [5.74, 6) is 1.41. The summed E-state index contributed by atoms with van der Waals surface area (Å²) < 4.78 is 5.68. The van der Waals surface area contributed by atoms with Crippen molar-refractivity contribution in [2.75, 3.05) is 32.7 Å². The molecule has 0 unspecified atom stereocenters. The normalized spacial score (nSPS) is 14.9. The fraction of sp³-hybridized carbons (Fsp3) is 0.417. The largest absolute Gasteiger partial charge is 0.338 e. The molecule has 0 N–H and O–H groups in total. The Morgan fingerprint density at radius 1 is 0.966 bits per heavy atom. The van der Waals surface area contributed by atoms with E-state index < -0.39 is 0 Å². The number of aromatic nitrogens is 2. The van der Waals surface area contributed by atoms with Crippen molar-refractivity contribution in [2.45, 2.75) is 32.2 Å². The highest BCUT2D eigenvalue weighted by Gasteiger charge is 2.23. The number of hydrogen-bond donors (Lipinski definition) is 0. The van der Waals surface area contributed by atoms with Crippen molar-refractivity contribution in [3.05, 3.63) is 83.5 Å². The summed E-state index contributed by atoms with van der Waals surface area (Å²) in [7, 11) is 0. The van der Waals surface area contributed by atoms with Gasteiger partial charge in [0.2, 0.25) is 5.89 Å². The van der Waals surface area contributed by atoms with Crippen LogP contribution in [0, 0.1) is 0 Å². The van der Waals surface area contributed by atoms with E-state index in [-0.39, 0.29) is 5.92 Å². The number of likely N-dealkylation sites (N-methyl/N-ethyl adjacent to an activating group) is 1. The lowest BCUT2D eigenvalue weighted by Gasteiger charge is -2.22. The van der Waals surface area contributed by atoms with E-state index in [9.17, 15) is 0 Å². The molecule has 1 aromatic heterocycles. The second-order valence-corrected chi connectivity index (χ2v) is 7.72. The van der Waals surface area contributed by atoms with E-state index in [2.05, 4.69) is 70.4 Å². The third-order valence-corrected chi connectivity index (χ3v) is 5.75. The molecule has 0 bridgehead atoms. The number of likely N-dealkylation sites (tertiary alicyclic amines) is 1. The number of benzene rings is 2. The predicted octanol–water partition coefficient (Wildman–Crippen LogP) is 4.17. The average molecular weight is 391 g/mol. The molecule has 5 heteroatoms. The zero-order valence-electron chi connectivity index (χ0n) is 17.2. The van der Waals surface area contributed by atoms with Gasteiger partial charge in [-0.2, -0.15) is 4.98 Å². The van der Waals surface area contributed by atoms with Crippen molar-refractivity contribution in [2.24, 2.45) is 0 Å². The van der Waals surface area contributed by atoms with Gasteiger partial charge in [-0.25, -0.2) is 0 Å². The van der Waals surface area contributed by atoms with Crippen LogP contribution >= 0.6 is 0 Å². The molecule has 0 spiro atoms. The van der Waals surface area contributed by atoms with Gasteiger partial charge in [-0.15, -0.1) is 0 Å². The third kappa shape index (κ3) is 5.11. The van der Waals surface area contributed by atoms with Gasteiger partial charge >= 0.3 is 0 Å². The van der Waals surface area contributed by atoms with Gasteiger partial charge in [0.1, 0.15) is 0 Å². The maximum atomic E-state index is 5.68. The molecule has 1 fully saturated rings. The van der Waals surface area contributed by atoms with Crippen molar-refractivity contribution < 1.29 is 4.52 Å². The fourth-order valence-electron chi connectivity index (χ4n) is 4.06. The molecule has 0 radical (unpaired) electrons. The van der Waals surface area contributed by atoms with Crippen LogP contribution in [0.15, 0.2) is 65.2 Å². The van der Waals surface area contributed by atoms with Crippen LogP contribution in [0.3, 0.4) is 0 Å². The molecule has 0 aliphatic carbocycles. The molecular weight excluding hydrogens is 360 g/mol. The van der Waals surface area contributed by atoms with Gasteiger partial charge in [-0.3, -0.25) is 4.90 Å². The summed E-state index contributed by atoms with van der Waals surface area (Å²) in [6.45, 7) is 8.49. The maximum absolute atomic E-state index is 5.68. The highest BCUT2D eigenvalue weighted by atomic mass is 16.5. The Morgan fingerprint density at radius 3 is 2.17 bits per heavy atom. The number of hydrogen-bond acceptors (Lipinski definition) is 5. The first-order valence-corrected chi connectivity index (χ1v) is 10.7. The van der Waals surface area contributed by atoms with Crippen LogP contribution in [0.4, 0.5) is 0 Å². The lowest BCUT2D eigenvalue weighted by atomic mass is 9.91. The Labute approximate surface area is 173 Å². The minimum Gasteiger partial charge on any atom is -0.338 e. The molecule has 0 amide bonds. The lowest BCUT2D eigenvalue weighted by molar-refractivity contribution is 0.203. The summed E-state index contributed by atoms with van der Waals surface area (Å²) in [6.07, 6.45) is 2.67. The van der Waals surface area contributed by atoms with Crippen molar-refractivity contribution in [3.8, 4) is 0 Å². The smallest absolute Gasteiger partial charge is 0.240 e. The molecule has 2 heterocycles. The molecule has 5 nitrogen and oxygen atoms in total. The lowest BCUT2D eigenvalue weighted by Crippen LogP contribution is -2.33. The van der Waals surface area contributed by atoms with Gasteiger partial charge < -0.3 is 9.42 Å². The molecule has 1 aliphatic rings. The monoisotopic (exact) mass is 390 g/mol. The van der Waals surface area contributed by atoms with Gasteiger partial charge in [-0.05, 0) is 43.6 Å². The van der Waals surface area contributed by atoms with E-state index in [1.54, 1.807) is 0 Å². The van der Waals surface area contributed by atoms with E-state index >= 15 is 0 Å². The highest BCUT2D eigenvalue weighted by molar-refractivity contribution is 5.37. The van der Waals surface area contributed by atoms with Gasteiger partial charge in [-0.1, -0.05) is 72.7 Å². The quantitative estimate of drug-likeness (QED) is 0.549. The van der Waals surface area contributed by atoms with Crippen LogP contribution in [0.25, 0.3) is 0 Å². The van der Waals surface area contributed by atoms with Crippen LogP contribution in [-0.2, 0) is 6.54 Å². The van der Waals surface area contributed by atoms with Gasteiger partial charge in [0, 0.05) is 13.1 Å². The molecule has 152 valence electrons. The van der Waals surface area contributed by atoms with Crippen molar-refractivity contribution >= 4 is 0 Å². The van der Waals surface area contributed by atoms with E-state index in [0.717, 1.165) is 25.5 Å². The van der Waals surface area contributed by atoms with Crippen LogP contribution in [-0.4, -0.2) is 52.7 Å². The van der Waals surface area contributed by atoms with E-state index in [1.807, 2.05) is 12.1 Å². The standard InChI is InChI=1S/C24H30N4O/c1-2-27(17-18-28-15-9-10-16-28)19-22-25-24(26-29-22)23(20-11-5-3-6-12-20)21-13-7-4-8-14-21/h3-8,11-14,23H,2,9-10,15-19H2,1H3. The Hall–Kier alpha value is -2.50. The van der Waals surface area contributed by atoms with E-state index in [4.69, 9.17) is 9.51 Å². The summed E-state index contributed by atoms with van der Waals surface area (Å²) in [5, 5.41) is 4.37. The Kier molecular flexibility index (Phi) is 6.70. The molecule has 2 aromatic carbocycles. The number of rotatable bonds is 9. The zero-order valence-corrected chi connectivity index (χ0v) is 17.2. The number of nitrogens with zero attached hydrogens (tertiary/aromatic N) is 4. The summed E-state index contributed by atoms with van der Waals surface area (Å²) >= 11 is 0. The van der Waals surface area contributed by atoms with Gasteiger partial charge in [0.05, 0.1) is 12.5 Å². The first-order valence-electron chi connectivity index (χ1n) is 10.7. The Bertz CT molecular complexity index is 819. The predicted molar refractivity (Wildman–Crippen MR) is 115 cm³/mol. The molecule has 1 saturated heterocycles. The van der Waals surface area contributed by atoms with E-state index in [1.165, 1.54) is 37.1 Å². The van der Waals surface area contributed by atoms with Crippen LogP contribution in [0.2, 0.25) is 0 Å². The SMILES string of the molecule is CCN(CCN1CCCC1)Cc1nc(C(c2ccccc2)c2ccccc2)no1. The van der Waals surface area contributed by atoms with E-state index in [0.29, 0.717) is 12.4 Å². The molecule has 0 atom stereocenters. The third-order valence-electron chi connectivity index (χ3n) is 5.75. The summed E-state index contributed by atoms with van der Waals surface area (Å²) in [5.41, 5.74) is 2.35. The van der Waals surface area contributed by atoms with Crippen LogP contribution < -0.4 is 0 Å². The summed E-state index contributed by atoms with van der Waals surface area (Å²) in [4.78, 5) is 9.73. The van der Waals surface area contributed by atoms with Crippen molar-refractivity contribution in [1.82, 2.24) is 19.9 Å². The van der Waals surface area contributed by atoms with Gasteiger partial charge in [0.25, 0.3) is 0 Å². The molecule has 4 rings (SSSR count). The second-order valence-electron chi connectivity index (χ2n) is 7.72. The molecule has 29 heavy (non-hydrogen) atoms. The molecule has 1 aliphatic heterocycles. The molecular formula is C24H30N4O. The average Bonchev–Trinajstić information content (AvgIpc) is 3.45. The first kappa shape index (κ1) is 19.8. The Morgan fingerprint density at radius 2 is 1.59 bits per heavy atom.